The molecule has 3 N–H and O–H groups in total. The Morgan fingerprint density at radius 1 is 1.02 bits per heavy atom. The van der Waals surface area contributed by atoms with Crippen molar-refractivity contribution in [2.75, 3.05) is 41.8 Å². The number of thiophene rings is 1. The van der Waals surface area contributed by atoms with Crippen molar-refractivity contribution in [1.29, 1.82) is 0 Å². The highest BCUT2D eigenvalue weighted by molar-refractivity contribution is 7.17. The molecule has 3 aliphatic heterocycles. The third-order valence-corrected chi connectivity index (χ3v) is 11.9. The Balaban J connectivity index is 0.980. The molecule has 0 bridgehead atoms. The number of hydrogen-bond acceptors (Lipinski definition) is 7. The first-order valence-electron chi connectivity index (χ1n) is 17.6. The number of anilines is 3. The Morgan fingerprint density at radius 3 is 2.57 bits per heavy atom. The molecule has 3 aliphatic rings. The molecule has 0 radical (unpaired) electrons. The van der Waals surface area contributed by atoms with Crippen LogP contribution in [0.4, 0.5) is 21.5 Å². The van der Waals surface area contributed by atoms with E-state index in [0.717, 1.165) is 58.7 Å². The Labute approximate surface area is 315 Å². The number of halogens is 2. The van der Waals surface area contributed by atoms with Gasteiger partial charge in [-0.3, -0.25) is 14.4 Å². The molecule has 0 saturated carbocycles. The summed E-state index contributed by atoms with van der Waals surface area (Å²) in [6.45, 7) is 6.60. The van der Waals surface area contributed by atoms with Gasteiger partial charge >= 0.3 is 0 Å². The number of nitrogens with one attached hydrogen (secondary N) is 3. The molecule has 270 valence electrons. The molecule has 0 aliphatic carbocycles. The smallest absolute Gasteiger partial charge is 0.265 e. The first-order valence-corrected chi connectivity index (χ1v) is 18.8. The largest absolute Gasteiger partial charge is 0.373 e. The van der Waals surface area contributed by atoms with Crippen LogP contribution in [0, 0.1) is 25.1 Å². The number of rotatable bonds is 6. The fourth-order valence-electron chi connectivity index (χ4n) is 7.46. The van der Waals surface area contributed by atoms with Crippen molar-refractivity contribution in [2.45, 2.75) is 39.2 Å². The van der Waals surface area contributed by atoms with Crippen LogP contribution in [0.15, 0.2) is 79.0 Å². The SMILES string of the molecule is Cc1cnc(Cl)c(C(=O)Nc2ccc(C(=O)N3CCc4cc(C(=O)Nc5c(C)cc(C6CC7(CCO6)CNC7)cc5F)sc4-c4ccccc43)cc2)c1. The number of benzene rings is 3. The van der Waals surface area contributed by atoms with Crippen LogP contribution in [0.25, 0.3) is 10.4 Å². The van der Waals surface area contributed by atoms with Crippen molar-refractivity contribution in [1.82, 2.24) is 10.3 Å². The number of fused-ring (bicyclic) bond motifs is 3. The van der Waals surface area contributed by atoms with E-state index in [1.54, 1.807) is 48.4 Å². The molecule has 12 heteroatoms. The van der Waals surface area contributed by atoms with Gasteiger partial charge in [-0.25, -0.2) is 9.37 Å². The van der Waals surface area contributed by atoms with Crippen molar-refractivity contribution < 1.29 is 23.5 Å². The second-order valence-corrected chi connectivity index (χ2v) is 15.5. The number of nitrogens with zero attached hydrogens (tertiary/aromatic N) is 2. The normalized spacial score (nSPS) is 17.3. The molecule has 1 unspecified atom stereocenters. The molecular weight excluding hydrogens is 713 g/mol. The van der Waals surface area contributed by atoms with Gasteiger partial charge in [-0.15, -0.1) is 11.3 Å². The summed E-state index contributed by atoms with van der Waals surface area (Å²) >= 11 is 7.47. The lowest BCUT2D eigenvalue weighted by molar-refractivity contribution is -0.0701. The number of carbonyl (C=O) groups is 3. The van der Waals surface area contributed by atoms with E-state index >= 15 is 4.39 Å². The van der Waals surface area contributed by atoms with E-state index < -0.39 is 11.7 Å². The number of carbonyl (C=O) groups excluding carboxylic acids is 3. The van der Waals surface area contributed by atoms with Gasteiger partial charge in [0, 0.05) is 59.5 Å². The zero-order valence-corrected chi connectivity index (χ0v) is 30.8. The molecule has 2 fully saturated rings. The van der Waals surface area contributed by atoms with Crippen LogP contribution < -0.4 is 20.9 Å². The fourth-order valence-corrected chi connectivity index (χ4v) is 8.79. The number of aromatic nitrogens is 1. The van der Waals surface area contributed by atoms with Gasteiger partial charge in [-0.1, -0.05) is 35.9 Å². The Kier molecular flexibility index (Phi) is 9.36. The van der Waals surface area contributed by atoms with Crippen LogP contribution in [-0.4, -0.2) is 48.9 Å². The number of amides is 3. The van der Waals surface area contributed by atoms with E-state index in [1.165, 1.54) is 17.4 Å². The quantitative estimate of drug-likeness (QED) is 0.151. The number of para-hydroxylation sites is 1. The van der Waals surface area contributed by atoms with Crippen LogP contribution >= 0.6 is 22.9 Å². The molecule has 1 atom stereocenters. The lowest BCUT2D eigenvalue weighted by Crippen LogP contribution is -2.56. The molecule has 9 nitrogen and oxygen atoms in total. The summed E-state index contributed by atoms with van der Waals surface area (Å²) in [6.07, 6.45) is 3.80. The second-order valence-electron chi connectivity index (χ2n) is 14.1. The predicted molar refractivity (Wildman–Crippen MR) is 206 cm³/mol. The van der Waals surface area contributed by atoms with Crippen molar-refractivity contribution in [3.63, 3.8) is 0 Å². The van der Waals surface area contributed by atoms with Gasteiger partial charge in [-0.2, -0.15) is 0 Å². The highest BCUT2D eigenvalue weighted by Gasteiger charge is 2.42. The summed E-state index contributed by atoms with van der Waals surface area (Å²) in [5, 5.41) is 9.12. The van der Waals surface area contributed by atoms with Crippen LogP contribution in [0.3, 0.4) is 0 Å². The molecule has 3 amide bonds. The van der Waals surface area contributed by atoms with Crippen molar-refractivity contribution >= 4 is 57.7 Å². The Morgan fingerprint density at radius 2 is 1.81 bits per heavy atom. The van der Waals surface area contributed by atoms with Crippen molar-refractivity contribution in [2.24, 2.45) is 5.41 Å². The second kappa shape index (κ2) is 14.1. The van der Waals surface area contributed by atoms with Crippen molar-refractivity contribution in [3.8, 4) is 10.4 Å². The maximum absolute atomic E-state index is 15.6. The number of hydrogen-bond donors (Lipinski definition) is 3. The van der Waals surface area contributed by atoms with E-state index in [0.29, 0.717) is 41.3 Å². The van der Waals surface area contributed by atoms with E-state index in [4.69, 9.17) is 16.3 Å². The third-order valence-electron chi connectivity index (χ3n) is 10.4. The van der Waals surface area contributed by atoms with Gasteiger partial charge in [0.15, 0.2) is 0 Å². The van der Waals surface area contributed by atoms with Crippen LogP contribution in [0.1, 0.15) is 71.6 Å². The van der Waals surface area contributed by atoms with Gasteiger partial charge in [-0.05, 0) is 104 Å². The monoisotopic (exact) mass is 749 g/mol. The maximum Gasteiger partial charge on any atom is 0.265 e. The molecule has 53 heavy (non-hydrogen) atoms. The summed E-state index contributed by atoms with van der Waals surface area (Å²) < 4.78 is 21.6. The minimum Gasteiger partial charge on any atom is -0.373 e. The Bertz CT molecular complexity index is 2250. The standard InChI is InChI=1S/C41H37ClFN5O4S/c1-23-15-30(37(42)45-20-23)38(49)46-28-9-7-25(8-10-28)40(51)48-13-11-26-18-34(53-36(26)29-5-3-4-6-32(29)48)39(50)47-35-24(2)16-27(17-31(35)43)33-19-41(12-14-52-33)21-44-22-41/h3-10,15-18,20,33,44H,11-14,19,21-22H2,1-2H3,(H,46,49)(H,47,50). The van der Waals surface area contributed by atoms with Gasteiger partial charge in [0.1, 0.15) is 11.0 Å². The number of ether oxygens (including phenoxy) is 1. The first kappa shape index (κ1) is 35.1. The molecular formula is C41H37ClFN5O4S. The van der Waals surface area contributed by atoms with Gasteiger partial charge < -0.3 is 25.6 Å². The summed E-state index contributed by atoms with van der Waals surface area (Å²) in [4.78, 5) is 47.5. The zero-order chi connectivity index (χ0) is 36.9. The molecule has 2 aromatic heterocycles. The third kappa shape index (κ3) is 6.86. The maximum atomic E-state index is 15.6. The molecule has 1 spiro atoms. The van der Waals surface area contributed by atoms with E-state index in [-0.39, 0.29) is 39.7 Å². The summed E-state index contributed by atoms with van der Waals surface area (Å²) in [7, 11) is 0. The minimum atomic E-state index is -0.482. The highest BCUT2D eigenvalue weighted by Crippen LogP contribution is 2.44. The van der Waals surface area contributed by atoms with Gasteiger partial charge in [0.2, 0.25) is 0 Å². The summed E-state index contributed by atoms with van der Waals surface area (Å²) in [5.74, 6) is -1.45. The summed E-state index contributed by atoms with van der Waals surface area (Å²) in [6, 6.07) is 21.3. The fraction of sp³-hybridized carbons (Fsp3) is 0.268. The van der Waals surface area contributed by atoms with Crippen LogP contribution in [0.5, 0.6) is 0 Å². The molecule has 3 aromatic carbocycles. The Hall–Kier alpha value is -4.94. The van der Waals surface area contributed by atoms with E-state index in [1.807, 2.05) is 43.3 Å². The molecule has 2 saturated heterocycles. The highest BCUT2D eigenvalue weighted by atomic mass is 35.5. The molecule has 5 aromatic rings. The topological polar surface area (TPSA) is 113 Å². The van der Waals surface area contributed by atoms with E-state index in [2.05, 4.69) is 20.9 Å². The zero-order valence-electron chi connectivity index (χ0n) is 29.2. The minimum absolute atomic E-state index is 0.111. The van der Waals surface area contributed by atoms with Gasteiger partial charge in [0.05, 0.1) is 27.9 Å². The summed E-state index contributed by atoms with van der Waals surface area (Å²) in [5.41, 5.74) is 6.37. The molecule has 8 rings (SSSR count). The van der Waals surface area contributed by atoms with E-state index in [9.17, 15) is 14.4 Å². The average molecular weight is 750 g/mol. The number of pyridine rings is 1. The average Bonchev–Trinajstić information content (AvgIpc) is 3.51. The number of aryl methyl sites for hydroxylation is 2. The predicted octanol–water partition coefficient (Wildman–Crippen LogP) is 8.37. The lowest BCUT2D eigenvalue weighted by Gasteiger charge is -2.48. The van der Waals surface area contributed by atoms with Crippen molar-refractivity contribution in [3.05, 3.63) is 128 Å². The molecule has 5 heterocycles. The lowest BCUT2D eigenvalue weighted by atomic mass is 9.72. The van der Waals surface area contributed by atoms with Crippen LogP contribution in [0.2, 0.25) is 5.15 Å². The van der Waals surface area contributed by atoms with Crippen LogP contribution in [-0.2, 0) is 11.2 Å². The van der Waals surface area contributed by atoms with Gasteiger partial charge in [0.25, 0.3) is 17.7 Å². The first-order chi connectivity index (χ1) is 25.6.